The average molecular weight is 305 g/mol. The number of hydrogen-bond acceptors (Lipinski definition) is 3. The summed E-state index contributed by atoms with van der Waals surface area (Å²) in [4.78, 5) is 12.2. The number of nitrogens with one attached hydrogen (secondary N) is 1. The number of hydrogen-bond donors (Lipinski definition) is 1. The third kappa shape index (κ3) is 5.43. The van der Waals surface area contributed by atoms with Crippen molar-refractivity contribution < 1.29 is 14.3 Å². The van der Waals surface area contributed by atoms with Gasteiger partial charge in [0.1, 0.15) is 11.5 Å². The van der Waals surface area contributed by atoms with Gasteiger partial charge in [0.2, 0.25) is 0 Å². The highest BCUT2D eigenvalue weighted by Crippen LogP contribution is 2.24. The lowest BCUT2D eigenvalue weighted by Gasteiger charge is -2.20. The first-order valence-electron chi connectivity index (χ1n) is 7.69. The number of amides is 1. The maximum atomic E-state index is 12.2. The van der Waals surface area contributed by atoms with Crippen LogP contribution in [0.15, 0.2) is 30.5 Å². The molecule has 0 radical (unpaired) electrons. The summed E-state index contributed by atoms with van der Waals surface area (Å²) in [5, 5.41) is 2.97. The molecule has 0 saturated carbocycles. The molecule has 1 atom stereocenters. The fourth-order valence-electron chi connectivity index (χ4n) is 2.21. The van der Waals surface area contributed by atoms with Gasteiger partial charge in [-0.05, 0) is 49.4 Å². The van der Waals surface area contributed by atoms with Crippen molar-refractivity contribution in [1.82, 2.24) is 5.32 Å². The number of benzene rings is 1. The van der Waals surface area contributed by atoms with Crippen molar-refractivity contribution >= 4 is 5.91 Å². The van der Waals surface area contributed by atoms with Crippen LogP contribution in [0.25, 0.3) is 0 Å². The average Bonchev–Trinajstić information content (AvgIpc) is 2.47. The molecule has 122 valence electrons. The number of aryl methyl sites for hydroxylation is 1. The van der Waals surface area contributed by atoms with Crippen molar-refractivity contribution in [3.63, 3.8) is 0 Å². The Morgan fingerprint density at radius 2 is 2.05 bits per heavy atom. The Balaban J connectivity index is 2.66. The molecule has 1 rings (SSSR count). The number of methoxy groups -OCH3 is 1. The molecule has 0 heterocycles. The van der Waals surface area contributed by atoms with Gasteiger partial charge in [-0.1, -0.05) is 27.4 Å². The molecule has 1 unspecified atom stereocenters. The third-order valence-electron chi connectivity index (χ3n) is 3.45. The van der Waals surface area contributed by atoms with Gasteiger partial charge in [0, 0.05) is 6.04 Å². The second-order valence-corrected chi connectivity index (χ2v) is 5.86. The van der Waals surface area contributed by atoms with E-state index in [1.165, 1.54) is 0 Å². The normalized spacial score (nSPS) is 11.9. The molecule has 1 amide bonds. The van der Waals surface area contributed by atoms with E-state index in [0.717, 1.165) is 24.2 Å². The highest BCUT2D eigenvalue weighted by Gasteiger charge is 2.16. The van der Waals surface area contributed by atoms with Crippen LogP contribution in [0.1, 0.15) is 39.2 Å². The lowest BCUT2D eigenvalue weighted by Crippen LogP contribution is -2.37. The van der Waals surface area contributed by atoms with E-state index in [1.54, 1.807) is 19.2 Å². The first-order valence-corrected chi connectivity index (χ1v) is 7.69. The van der Waals surface area contributed by atoms with E-state index in [2.05, 4.69) is 32.7 Å². The highest BCUT2D eigenvalue weighted by atomic mass is 16.5. The van der Waals surface area contributed by atoms with Crippen LogP contribution < -0.4 is 14.8 Å². The molecular formula is C18H27NO3. The van der Waals surface area contributed by atoms with Gasteiger partial charge in [-0.25, -0.2) is 0 Å². The smallest absolute Gasteiger partial charge is 0.286 e. The van der Waals surface area contributed by atoms with E-state index in [4.69, 9.17) is 9.47 Å². The summed E-state index contributed by atoms with van der Waals surface area (Å²) < 4.78 is 10.7. The summed E-state index contributed by atoms with van der Waals surface area (Å²) in [6.07, 6.45) is 1.83. The number of rotatable bonds is 8. The van der Waals surface area contributed by atoms with Crippen molar-refractivity contribution in [2.45, 2.75) is 46.6 Å². The molecule has 1 N–H and O–H groups in total. The summed E-state index contributed by atoms with van der Waals surface area (Å²) in [5.74, 6) is 1.74. The van der Waals surface area contributed by atoms with Gasteiger partial charge in [0.15, 0.2) is 5.76 Å². The summed E-state index contributed by atoms with van der Waals surface area (Å²) in [5.41, 5.74) is 0.891. The lowest BCUT2D eigenvalue weighted by atomic mass is 10.0. The zero-order chi connectivity index (χ0) is 16.7. The van der Waals surface area contributed by atoms with Crippen LogP contribution in [0.3, 0.4) is 0 Å². The summed E-state index contributed by atoms with van der Waals surface area (Å²) in [7, 11) is 1.61. The van der Waals surface area contributed by atoms with Crippen molar-refractivity contribution in [3.8, 4) is 11.5 Å². The molecule has 4 nitrogen and oxygen atoms in total. The maximum absolute atomic E-state index is 12.2. The predicted octanol–water partition coefficient (Wildman–Crippen LogP) is 3.84. The molecule has 0 aliphatic carbocycles. The standard InChI is InChI=1S/C18H27NO3/c1-7-15(10-12(2)3)19-18(20)14(5)22-17-9-8-16(21-6)11-13(17)4/h8-9,11-12,15H,5,7,10H2,1-4,6H3,(H,19,20). The van der Waals surface area contributed by atoms with Gasteiger partial charge in [0.25, 0.3) is 5.91 Å². The van der Waals surface area contributed by atoms with Gasteiger partial charge >= 0.3 is 0 Å². The fourth-order valence-corrected chi connectivity index (χ4v) is 2.21. The molecule has 4 heteroatoms. The van der Waals surface area contributed by atoms with Crippen LogP contribution in [0.2, 0.25) is 0 Å². The van der Waals surface area contributed by atoms with Crippen molar-refractivity contribution in [2.24, 2.45) is 5.92 Å². The van der Waals surface area contributed by atoms with E-state index < -0.39 is 0 Å². The number of ether oxygens (including phenoxy) is 2. The Morgan fingerprint density at radius 3 is 2.55 bits per heavy atom. The molecule has 1 aromatic carbocycles. The van der Waals surface area contributed by atoms with Crippen LogP contribution in [-0.2, 0) is 4.79 Å². The summed E-state index contributed by atoms with van der Waals surface area (Å²) in [6, 6.07) is 5.57. The minimum Gasteiger partial charge on any atom is -0.497 e. The Kier molecular flexibility index (Phi) is 6.96. The van der Waals surface area contributed by atoms with Crippen molar-refractivity contribution in [1.29, 1.82) is 0 Å². The van der Waals surface area contributed by atoms with Crippen molar-refractivity contribution in [3.05, 3.63) is 36.1 Å². The summed E-state index contributed by atoms with van der Waals surface area (Å²) in [6.45, 7) is 12.0. The Morgan fingerprint density at radius 1 is 1.36 bits per heavy atom. The van der Waals surface area contributed by atoms with Crippen LogP contribution >= 0.6 is 0 Å². The van der Waals surface area contributed by atoms with E-state index >= 15 is 0 Å². The largest absolute Gasteiger partial charge is 0.497 e. The molecule has 0 spiro atoms. The third-order valence-corrected chi connectivity index (χ3v) is 3.45. The predicted molar refractivity (Wildman–Crippen MR) is 89.2 cm³/mol. The van der Waals surface area contributed by atoms with Gasteiger partial charge in [-0.2, -0.15) is 0 Å². The quantitative estimate of drug-likeness (QED) is 0.586. The van der Waals surface area contributed by atoms with E-state index in [1.807, 2.05) is 13.0 Å². The second-order valence-electron chi connectivity index (χ2n) is 5.86. The van der Waals surface area contributed by atoms with Gasteiger partial charge in [-0.15, -0.1) is 0 Å². The monoisotopic (exact) mass is 305 g/mol. The minimum atomic E-state index is -0.261. The molecule has 0 saturated heterocycles. The van der Waals surface area contributed by atoms with Crippen LogP contribution in [0.5, 0.6) is 11.5 Å². The summed E-state index contributed by atoms with van der Waals surface area (Å²) >= 11 is 0. The first-order chi connectivity index (χ1) is 10.4. The zero-order valence-corrected chi connectivity index (χ0v) is 14.2. The molecule has 0 fully saturated rings. The molecule has 22 heavy (non-hydrogen) atoms. The van der Waals surface area contributed by atoms with Crippen LogP contribution in [-0.4, -0.2) is 19.1 Å². The Bertz CT molecular complexity index is 523. The lowest BCUT2D eigenvalue weighted by molar-refractivity contribution is -0.120. The zero-order valence-electron chi connectivity index (χ0n) is 14.2. The second kappa shape index (κ2) is 8.47. The van der Waals surface area contributed by atoms with Crippen molar-refractivity contribution in [2.75, 3.05) is 7.11 Å². The number of carbonyl (C=O) groups is 1. The van der Waals surface area contributed by atoms with Gasteiger partial charge < -0.3 is 14.8 Å². The molecule has 0 aliphatic rings. The molecule has 0 aliphatic heterocycles. The van der Waals surface area contributed by atoms with E-state index in [9.17, 15) is 4.79 Å². The maximum Gasteiger partial charge on any atom is 0.286 e. The Hall–Kier alpha value is -1.97. The molecule has 1 aromatic rings. The number of carbonyl (C=O) groups excluding carboxylic acids is 1. The van der Waals surface area contributed by atoms with E-state index in [0.29, 0.717) is 11.7 Å². The van der Waals surface area contributed by atoms with Crippen LogP contribution in [0.4, 0.5) is 0 Å². The van der Waals surface area contributed by atoms with E-state index in [-0.39, 0.29) is 17.7 Å². The van der Waals surface area contributed by atoms with Gasteiger partial charge in [-0.3, -0.25) is 4.79 Å². The van der Waals surface area contributed by atoms with Crippen LogP contribution in [0, 0.1) is 12.8 Å². The molecule has 0 aromatic heterocycles. The fraction of sp³-hybridized carbons (Fsp3) is 0.500. The first kappa shape index (κ1) is 18.1. The highest BCUT2D eigenvalue weighted by molar-refractivity contribution is 5.91. The molecular weight excluding hydrogens is 278 g/mol. The minimum absolute atomic E-state index is 0.107. The SMILES string of the molecule is C=C(Oc1ccc(OC)cc1C)C(=O)NC(CC)CC(C)C. The Labute approximate surface area is 133 Å². The molecule has 0 bridgehead atoms. The topological polar surface area (TPSA) is 47.6 Å². The van der Waals surface area contributed by atoms with Gasteiger partial charge in [0.05, 0.1) is 7.11 Å².